The van der Waals surface area contributed by atoms with Gasteiger partial charge in [0.1, 0.15) is 11.4 Å². The van der Waals surface area contributed by atoms with E-state index in [4.69, 9.17) is 10.6 Å². The fraction of sp³-hybridized carbons (Fsp3) is 0.545. The molecule has 0 amide bonds. The van der Waals surface area contributed by atoms with E-state index in [9.17, 15) is 5.11 Å². The van der Waals surface area contributed by atoms with Crippen LogP contribution in [-0.4, -0.2) is 21.3 Å². The van der Waals surface area contributed by atoms with Crippen LogP contribution in [0.3, 0.4) is 0 Å². The summed E-state index contributed by atoms with van der Waals surface area (Å²) in [5.74, 6) is 0.451. The zero-order valence-electron chi connectivity index (χ0n) is 10.1. The Morgan fingerprint density at radius 1 is 1.31 bits per heavy atom. The molecule has 4 N–H and O–H groups in total. The molecule has 16 heavy (non-hydrogen) atoms. The maximum Gasteiger partial charge on any atom is 0.123 e. The lowest BCUT2D eigenvalue weighted by molar-refractivity contribution is -0.130. The van der Waals surface area contributed by atoms with E-state index >= 15 is 0 Å². The smallest absolute Gasteiger partial charge is 0.123 e. The number of hydrogen-bond donors (Lipinski definition) is 3. The summed E-state index contributed by atoms with van der Waals surface area (Å²) in [6.07, 6.45) is 1.57. The van der Waals surface area contributed by atoms with Gasteiger partial charge in [-0.25, -0.2) is 4.98 Å². The number of nitrogens with two attached hydrogens (primary N) is 1. The molecule has 0 fully saturated rings. The zero-order chi connectivity index (χ0) is 12.4. The van der Waals surface area contributed by atoms with E-state index in [0.29, 0.717) is 11.5 Å². The average Bonchev–Trinajstić information content (AvgIpc) is 2.15. The van der Waals surface area contributed by atoms with Crippen molar-refractivity contribution >= 4 is 11.5 Å². The number of aliphatic hydroxyl groups is 1. The van der Waals surface area contributed by atoms with Crippen molar-refractivity contribution < 1.29 is 9.94 Å². The highest BCUT2D eigenvalue weighted by Gasteiger charge is 2.36. The predicted octanol–water partition coefficient (Wildman–Crippen LogP) is 1.56. The molecule has 0 bridgehead atoms. The van der Waals surface area contributed by atoms with E-state index in [2.05, 4.69) is 10.5 Å². The quantitative estimate of drug-likeness (QED) is 0.677. The lowest BCUT2D eigenvalue weighted by Crippen LogP contribution is -2.48. The highest BCUT2D eigenvalue weighted by atomic mass is 16.7. The summed E-state index contributed by atoms with van der Waals surface area (Å²) in [5.41, 5.74) is 7.20. The topological polar surface area (TPSA) is 80.4 Å². The highest BCUT2D eigenvalue weighted by Crippen LogP contribution is 2.25. The van der Waals surface area contributed by atoms with Gasteiger partial charge in [0.25, 0.3) is 0 Å². The molecule has 5 heteroatoms. The van der Waals surface area contributed by atoms with Crippen LogP contribution in [0.4, 0.5) is 11.5 Å². The fourth-order valence-electron chi connectivity index (χ4n) is 0.777. The Morgan fingerprint density at radius 3 is 2.38 bits per heavy atom. The van der Waals surface area contributed by atoms with Crippen LogP contribution in [0.15, 0.2) is 18.3 Å². The Morgan fingerprint density at radius 2 is 1.94 bits per heavy atom. The van der Waals surface area contributed by atoms with Crippen LogP contribution >= 0.6 is 0 Å². The number of nitrogen functional groups attached to an aromatic ring is 1. The first-order valence-corrected chi connectivity index (χ1v) is 5.10. The monoisotopic (exact) mass is 225 g/mol. The van der Waals surface area contributed by atoms with Crippen LogP contribution in [0.25, 0.3) is 0 Å². The lowest BCUT2D eigenvalue weighted by atomic mass is 9.90. The van der Waals surface area contributed by atoms with E-state index < -0.39 is 11.2 Å². The third-order valence-electron chi connectivity index (χ3n) is 2.68. The first kappa shape index (κ1) is 12.7. The Balaban J connectivity index is 2.61. The number of aromatic nitrogens is 1. The molecule has 5 nitrogen and oxygen atoms in total. The van der Waals surface area contributed by atoms with Crippen molar-refractivity contribution in [2.75, 3.05) is 11.2 Å². The van der Waals surface area contributed by atoms with Gasteiger partial charge in [-0.05, 0) is 39.8 Å². The number of nitrogens with one attached hydrogen (secondary N) is 1. The first-order chi connectivity index (χ1) is 7.22. The summed E-state index contributed by atoms with van der Waals surface area (Å²) in [6, 6.07) is 3.42. The van der Waals surface area contributed by atoms with Crippen LogP contribution in [0.2, 0.25) is 0 Å². The van der Waals surface area contributed by atoms with Crippen LogP contribution in [0, 0.1) is 0 Å². The van der Waals surface area contributed by atoms with Gasteiger partial charge in [0.15, 0.2) is 0 Å². The summed E-state index contributed by atoms with van der Waals surface area (Å²) >= 11 is 0. The minimum atomic E-state index is -0.957. The van der Waals surface area contributed by atoms with Crippen LogP contribution in [0.1, 0.15) is 27.7 Å². The normalized spacial score (nSPS) is 12.6. The maximum absolute atomic E-state index is 9.87. The largest absolute Gasteiger partial charge is 0.387 e. The third kappa shape index (κ3) is 3.08. The summed E-state index contributed by atoms with van der Waals surface area (Å²) in [7, 11) is 0. The Hall–Kier alpha value is -1.33. The van der Waals surface area contributed by atoms with Crippen molar-refractivity contribution in [2.24, 2.45) is 0 Å². The van der Waals surface area contributed by atoms with Crippen molar-refractivity contribution in [3.05, 3.63) is 18.3 Å². The van der Waals surface area contributed by atoms with Gasteiger partial charge < -0.3 is 10.8 Å². The van der Waals surface area contributed by atoms with Crippen molar-refractivity contribution in [1.29, 1.82) is 0 Å². The lowest BCUT2D eigenvalue weighted by Gasteiger charge is -2.36. The average molecular weight is 225 g/mol. The molecule has 0 spiro atoms. The van der Waals surface area contributed by atoms with Gasteiger partial charge in [-0.2, -0.15) is 0 Å². The number of anilines is 2. The molecule has 0 atom stereocenters. The molecule has 0 aliphatic carbocycles. The number of rotatable bonds is 4. The van der Waals surface area contributed by atoms with Gasteiger partial charge in [-0.3, -0.25) is 10.3 Å². The molecule has 1 rings (SSSR count). The number of nitrogens with zero attached hydrogens (tertiary/aromatic N) is 1. The Bertz CT molecular complexity index is 341. The Kier molecular flexibility index (Phi) is 3.40. The van der Waals surface area contributed by atoms with Crippen LogP contribution in [-0.2, 0) is 4.84 Å². The number of pyridine rings is 1. The van der Waals surface area contributed by atoms with Crippen molar-refractivity contribution in [2.45, 2.75) is 38.9 Å². The summed E-state index contributed by atoms with van der Waals surface area (Å²) in [4.78, 5) is 9.35. The minimum Gasteiger partial charge on any atom is -0.387 e. The number of hydrogen-bond acceptors (Lipinski definition) is 5. The molecule has 1 heterocycles. The highest BCUT2D eigenvalue weighted by molar-refractivity contribution is 5.43. The first-order valence-electron chi connectivity index (χ1n) is 5.10. The molecule has 1 aromatic rings. The molecule has 0 saturated carbocycles. The fourth-order valence-corrected chi connectivity index (χ4v) is 0.777. The Labute approximate surface area is 95.6 Å². The predicted molar refractivity (Wildman–Crippen MR) is 63.7 cm³/mol. The van der Waals surface area contributed by atoms with Crippen molar-refractivity contribution in [3.8, 4) is 0 Å². The molecule has 0 saturated heterocycles. The molecule has 0 radical (unpaired) electrons. The van der Waals surface area contributed by atoms with E-state index in [1.807, 2.05) is 0 Å². The molecule has 0 aromatic carbocycles. The minimum absolute atomic E-state index is 0.451. The van der Waals surface area contributed by atoms with E-state index in [-0.39, 0.29) is 0 Å². The van der Waals surface area contributed by atoms with Crippen molar-refractivity contribution in [1.82, 2.24) is 4.98 Å². The van der Waals surface area contributed by atoms with Crippen LogP contribution < -0.4 is 11.2 Å². The molecular formula is C11H19N3O2. The second kappa shape index (κ2) is 4.27. The molecule has 0 aliphatic rings. The molecule has 0 aliphatic heterocycles. The van der Waals surface area contributed by atoms with E-state index in [0.717, 1.165) is 0 Å². The SMILES string of the molecule is CC(C)(O)C(C)(C)ONc1ccc(N)nc1. The van der Waals surface area contributed by atoms with Gasteiger partial charge >= 0.3 is 0 Å². The van der Waals surface area contributed by atoms with E-state index in [1.54, 1.807) is 46.0 Å². The van der Waals surface area contributed by atoms with Gasteiger partial charge in [-0.15, -0.1) is 0 Å². The summed E-state index contributed by atoms with van der Waals surface area (Å²) < 4.78 is 0. The standard InChI is InChI=1S/C11H19N3O2/c1-10(2,15)11(3,4)16-14-8-5-6-9(12)13-7-8/h5-7,14-15H,1-4H3,(H2,12,13). The molecule has 90 valence electrons. The summed E-state index contributed by atoms with van der Waals surface area (Å²) in [6.45, 7) is 6.97. The third-order valence-corrected chi connectivity index (χ3v) is 2.68. The summed E-state index contributed by atoms with van der Waals surface area (Å²) in [5, 5.41) is 9.87. The second-order valence-electron chi connectivity index (χ2n) is 4.75. The molecule has 1 aromatic heterocycles. The van der Waals surface area contributed by atoms with Crippen molar-refractivity contribution in [3.63, 3.8) is 0 Å². The van der Waals surface area contributed by atoms with Gasteiger partial charge in [0, 0.05) is 0 Å². The van der Waals surface area contributed by atoms with Gasteiger partial charge in [0.2, 0.25) is 0 Å². The van der Waals surface area contributed by atoms with Gasteiger partial charge in [-0.1, -0.05) is 0 Å². The second-order valence-corrected chi connectivity index (χ2v) is 4.75. The zero-order valence-corrected chi connectivity index (χ0v) is 10.1. The molecule has 0 unspecified atom stereocenters. The maximum atomic E-state index is 9.87. The molecular weight excluding hydrogens is 206 g/mol. The van der Waals surface area contributed by atoms with Gasteiger partial charge in [0.05, 0.1) is 17.5 Å². The van der Waals surface area contributed by atoms with Crippen LogP contribution in [0.5, 0.6) is 0 Å². The van der Waals surface area contributed by atoms with E-state index in [1.165, 1.54) is 0 Å².